The second-order valence-electron chi connectivity index (χ2n) is 10.3. The van der Waals surface area contributed by atoms with E-state index in [0.29, 0.717) is 23.9 Å². The Morgan fingerprint density at radius 1 is 1.26 bits per heavy atom. The number of anilines is 1. The van der Waals surface area contributed by atoms with Gasteiger partial charge >= 0.3 is 11.8 Å². The van der Waals surface area contributed by atoms with Crippen LogP contribution in [0.4, 0.5) is 5.82 Å². The summed E-state index contributed by atoms with van der Waals surface area (Å²) in [5.41, 5.74) is 0.806. The largest absolute Gasteiger partial charge is 0.345 e. The average Bonchev–Trinajstić information content (AvgIpc) is 2.99. The summed E-state index contributed by atoms with van der Waals surface area (Å²) in [6.45, 7) is 12.4. The molecule has 0 bridgehead atoms. The fraction of sp³-hybridized carbons (Fsp3) is 0.727. The first-order valence-corrected chi connectivity index (χ1v) is 11.2. The Morgan fingerprint density at radius 3 is 2.61 bits per heavy atom. The minimum Gasteiger partial charge on any atom is -0.345 e. The molecule has 4 unspecified atom stereocenters. The molecule has 2 heterocycles. The van der Waals surface area contributed by atoms with Gasteiger partial charge in [-0.1, -0.05) is 34.6 Å². The molecule has 9 nitrogen and oxygen atoms in total. The Hall–Kier alpha value is -2.42. The zero-order chi connectivity index (χ0) is 22.9. The van der Waals surface area contributed by atoms with Crippen LogP contribution in [0.5, 0.6) is 0 Å². The lowest BCUT2D eigenvalue weighted by Gasteiger charge is -2.39. The molecule has 0 spiro atoms. The molecule has 9 heteroatoms. The molecule has 2 aliphatic rings. The zero-order valence-electron chi connectivity index (χ0n) is 19.4. The molecule has 4 N–H and O–H groups in total. The number of nitrogens with one attached hydrogen (secondary N) is 4. The number of carbonyl (C=O) groups is 3. The zero-order valence-corrected chi connectivity index (χ0v) is 19.4. The first-order valence-electron chi connectivity index (χ1n) is 11.2. The van der Waals surface area contributed by atoms with Crippen molar-refractivity contribution in [3.8, 4) is 0 Å². The molecule has 1 aromatic heterocycles. The quantitative estimate of drug-likeness (QED) is 0.543. The second-order valence-corrected chi connectivity index (χ2v) is 10.3. The van der Waals surface area contributed by atoms with Crippen molar-refractivity contribution in [1.29, 1.82) is 0 Å². The molecular weight excluding hydrogens is 396 g/mol. The monoisotopic (exact) mass is 432 g/mol. The fourth-order valence-electron chi connectivity index (χ4n) is 4.96. The molecule has 2 fully saturated rings. The van der Waals surface area contributed by atoms with Gasteiger partial charge in [0.25, 0.3) is 0 Å². The van der Waals surface area contributed by atoms with Crippen LogP contribution < -0.4 is 21.3 Å². The van der Waals surface area contributed by atoms with Crippen LogP contribution in [0.25, 0.3) is 0 Å². The van der Waals surface area contributed by atoms with Crippen LogP contribution in [-0.2, 0) is 14.4 Å². The topological polar surface area (TPSA) is 117 Å². The SMILES string of the molecule is Cc1cc(NC(=O)C(=O)NC2CC(C)CC(C)(C)C2)n(C2NC(=O)CC(C(C)C)N2)n1. The smallest absolute Gasteiger partial charge is 0.314 e. The van der Waals surface area contributed by atoms with Crippen molar-refractivity contribution in [1.82, 2.24) is 25.7 Å². The minimum atomic E-state index is -0.736. The lowest BCUT2D eigenvalue weighted by molar-refractivity contribution is -0.137. The van der Waals surface area contributed by atoms with Gasteiger partial charge in [-0.2, -0.15) is 5.10 Å². The van der Waals surface area contributed by atoms with Gasteiger partial charge in [0.2, 0.25) is 5.91 Å². The lowest BCUT2D eigenvalue weighted by atomic mass is 9.70. The van der Waals surface area contributed by atoms with Crippen LogP contribution in [0.2, 0.25) is 0 Å². The van der Waals surface area contributed by atoms with Gasteiger partial charge in [0.1, 0.15) is 5.82 Å². The van der Waals surface area contributed by atoms with E-state index in [1.54, 1.807) is 13.0 Å². The summed E-state index contributed by atoms with van der Waals surface area (Å²) in [7, 11) is 0. The normalized spacial score (nSPS) is 28.2. The van der Waals surface area contributed by atoms with Crippen molar-refractivity contribution < 1.29 is 14.4 Å². The third kappa shape index (κ3) is 5.84. The van der Waals surface area contributed by atoms with Crippen LogP contribution in [0.3, 0.4) is 0 Å². The van der Waals surface area contributed by atoms with Crippen LogP contribution in [0, 0.1) is 24.2 Å². The lowest BCUT2D eigenvalue weighted by Crippen LogP contribution is -2.55. The highest BCUT2D eigenvalue weighted by Crippen LogP contribution is 2.38. The van der Waals surface area contributed by atoms with E-state index in [9.17, 15) is 14.4 Å². The molecule has 3 amide bonds. The highest BCUT2D eigenvalue weighted by atomic mass is 16.2. The number of hydrogen-bond donors (Lipinski definition) is 4. The number of aryl methyl sites for hydroxylation is 1. The summed E-state index contributed by atoms with van der Waals surface area (Å²) in [6.07, 6.45) is 2.62. The number of nitrogens with zero attached hydrogens (tertiary/aromatic N) is 2. The standard InChI is InChI=1S/C22H36N6O3/c1-12(2)16-9-18(29)26-21(24-16)28-17(8-14(4)27-28)25-20(31)19(30)23-15-7-13(3)10-22(5,6)11-15/h8,12-13,15-16,21,24H,7,9-11H2,1-6H3,(H,23,30)(H,25,31)(H,26,29). The van der Waals surface area contributed by atoms with E-state index >= 15 is 0 Å². The van der Waals surface area contributed by atoms with Crippen molar-refractivity contribution in [3.63, 3.8) is 0 Å². The Kier molecular flexibility index (Phi) is 6.73. The molecule has 1 saturated heterocycles. The fourth-order valence-corrected chi connectivity index (χ4v) is 4.96. The second kappa shape index (κ2) is 8.98. The van der Waals surface area contributed by atoms with Gasteiger partial charge in [0.05, 0.1) is 5.69 Å². The molecule has 3 rings (SSSR count). The van der Waals surface area contributed by atoms with Gasteiger partial charge in [-0.25, -0.2) is 4.68 Å². The number of aromatic nitrogens is 2. The van der Waals surface area contributed by atoms with Crippen molar-refractivity contribution >= 4 is 23.5 Å². The van der Waals surface area contributed by atoms with Crippen LogP contribution >= 0.6 is 0 Å². The first-order chi connectivity index (χ1) is 14.4. The van der Waals surface area contributed by atoms with Crippen molar-refractivity contribution in [2.45, 2.75) is 85.6 Å². The van der Waals surface area contributed by atoms with E-state index in [4.69, 9.17) is 0 Å². The predicted molar refractivity (Wildman–Crippen MR) is 118 cm³/mol. The van der Waals surface area contributed by atoms with E-state index in [1.807, 2.05) is 13.8 Å². The molecule has 0 radical (unpaired) electrons. The van der Waals surface area contributed by atoms with Gasteiger partial charge in [-0.3, -0.25) is 19.7 Å². The Balaban J connectivity index is 1.68. The molecular formula is C22H36N6O3. The Morgan fingerprint density at radius 2 is 1.97 bits per heavy atom. The predicted octanol–water partition coefficient (Wildman–Crippen LogP) is 2.05. The summed E-state index contributed by atoms with van der Waals surface area (Å²) in [5, 5.41) is 16.2. The molecule has 1 aromatic rings. The van der Waals surface area contributed by atoms with E-state index < -0.39 is 18.1 Å². The third-order valence-corrected chi connectivity index (χ3v) is 6.15. The first kappa shape index (κ1) is 23.2. The maximum atomic E-state index is 12.6. The summed E-state index contributed by atoms with van der Waals surface area (Å²) < 4.78 is 1.51. The highest BCUT2D eigenvalue weighted by Gasteiger charge is 2.34. The van der Waals surface area contributed by atoms with Gasteiger partial charge in [-0.15, -0.1) is 0 Å². The number of rotatable bonds is 4. The molecule has 1 aliphatic carbocycles. The minimum absolute atomic E-state index is 0.00764. The maximum Gasteiger partial charge on any atom is 0.314 e. The van der Waals surface area contributed by atoms with E-state index in [1.165, 1.54) is 4.68 Å². The Bertz CT molecular complexity index is 846. The third-order valence-electron chi connectivity index (χ3n) is 6.15. The number of hydrogen-bond acceptors (Lipinski definition) is 5. The number of carbonyl (C=O) groups excluding carboxylic acids is 3. The molecule has 0 aromatic carbocycles. The Labute approximate surface area is 184 Å². The molecule has 1 aliphatic heterocycles. The van der Waals surface area contributed by atoms with Crippen LogP contribution in [0.15, 0.2) is 6.07 Å². The molecule has 4 atom stereocenters. The number of amides is 3. The van der Waals surface area contributed by atoms with Gasteiger partial charge < -0.3 is 16.0 Å². The maximum absolute atomic E-state index is 12.6. The summed E-state index contributed by atoms with van der Waals surface area (Å²) in [6, 6.07) is 1.66. The van der Waals surface area contributed by atoms with Crippen LogP contribution in [0.1, 0.15) is 72.3 Å². The summed E-state index contributed by atoms with van der Waals surface area (Å²) >= 11 is 0. The van der Waals surface area contributed by atoms with Gasteiger partial charge in [-0.05, 0) is 43.4 Å². The molecule has 31 heavy (non-hydrogen) atoms. The van der Waals surface area contributed by atoms with Gasteiger partial charge in [0.15, 0.2) is 6.29 Å². The molecule has 1 saturated carbocycles. The highest BCUT2D eigenvalue weighted by molar-refractivity contribution is 6.39. The van der Waals surface area contributed by atoms with E-state index in [0.717, 1.165) is 19.3 Å². The molecule has 172 valence electrons. The van der Waals surface area contributed by atoms with E-state index in [2.05, 4.69) is 47.1 Å². The average molecular weight is 433 g/mol. The summed E-state index contributed by atoms with van der Waals surface area (Å²) in [4.78, 5) is 37.4. The van der Waals surface area contributed by atoms with Crippen LogP contribution in [-0.4, -0.2) is 39.6 Å². The van der Waals surface area contributed by atoms with Crippen molar-refractivity contribution in [3.05, 3.63) is 11.8 Å². The van der Waals surface area contributed by atoms with Crippen molar-refractivity contribution in [2.24, 2.45) is 17.3 Å². The van der Waals surface area contributed by atoms with Gasteiger partial charge in [0, 0.05) is 24.6 Å². The summed E-state index contributed by atoms with van der Waals surface area (Å²) in [5.74, 6) is -0.357. The van der Waals surface area contributed by atoms with E-state index in [-0.39, 0.29) is 29.3 Å². The van der Waals surface area contributed by atoms with Crippen molar-refractivity contribution in [2.75, 3.05) is 5.32 Å².